The molecule has 1 N–H and O–H groups in total. The van der Waals surface area contributed by atoms with Crippen LogP contribution in [0, 0.1) is 6.92 Å². The van der Waals surface area contributed by atoms with E-state index in [-0.39, 0.29) is 0 Å². The van der Waals surface area contributed by atoms with Gasteiger partial charge in [0.15, 0.2) is 0 Å². The van der Waals surface area contributed by atoms with Crippen LogP contribution in [0.2, 0.25) is 0 Å². The first-order valence-electron chi connectivity index (χ1n) is 5.27. The predicted molar refractivity (Wildman–Crippen MR) is 68.2 cm³/mol. The zero-order valence-electron chi connectivity index (χ0n) is 10.2. The summed E-state index contributed by atoms with van der Waals surface area (Å²) in [6.07, 6.45) is 4.37. The van der Waals surface area contributed by atoms with Crippen LogP contribution >= 0.6 is 0 Å². The highest BCUT2D eigenvalue weighted by Crippen LogP contribution is 2.26. The zero-order chi connectivity index (χ0) is 12.8. The number of rotatable bonds is 4. The fraction of sp³-hybridized carbons (Fsp3) is 0.214. The lowest BCUT2D eigenvalue weighted by Crippen LogP contribution is -1.91. The van der Waals surface area contributed by atoms with Crippen molar-refractivity contribution in [2.75, 3.05) is 7.11 Å². The molecule has 0 atom stereocenters. The number of aryl methyl sites for hydroxylation is 1. The number of hydrogen-bond donors (Lipinski definition) is 1. The van der Waals surface area contributed by atoms with Gasteiger partial charge in [0, 0.05) is 11.6 Å². The number of methoxy groups -OCH3 is 1. The van der Waals surface area contributed by atoms with Crippen molar-refractivity contribution in [2.24, 2.45) is 0 Å². The van der Waals surface area contributed by atoms with E-state index in [1.165, 1.54) is 6.08 Å². The average Bonchev–Trinajstić information content (AvgIpc) is 2.28. The van der Waals surface area contributed by atoms with Crippen molar-refractivity contribution in [1.82, 2.24) is 0 Å². The minimum absolute atomic E-state index is 0.785. The third-order valence-electron chi connectivity index (χ3n) is 2.36. The maximum atomic E-state index is 10.4. The molecule has 3 nitrogen and oxygen atoms in total. The maximum Gasteiger partial charge on any atom is 0.328 e. The van der Waals surface area contributed by atoms with Gasteiger partial charge in [0.05, 0.1) is 7.11 Å². The highest BCUT2D eigenvalue weighted by atomic mass is 16.5. The monoisotopic (exact) mass is 232 g/mol. The Kier molecular flexibility index (Phi) is 4.52. The molecule has 17 heavy (non-hydrogen) atoms. The molecule has 0 aromatic heterocycles. The van der Waals surface area contributed by atoms with Gasteiger partial charge in [-0.05, 0) is 31.6 Å². The van der Waals surface area contributed by atoms with E-state index in [4.69, 9.17) is 9.84 Å². The Morgan fingerprint density at radius 3 is 2.71 bits per heavy atom. The van der Waals surface area contributed by atoms with Crippen LogP contribution < -0.4 is 4.74 Å². The second-order valence-corrected chi connectivity index (χ2v) is 3.75. The topological polar surface area (TPSA) is 46.5 Å². The van der Waals surface area contributed by atoms with E-state index in [0.717, 1.165) is 28.5 Å². The molecule has 0 bridgehead atoms. The molecule has 3 heteroatoms. The van der Waals surface area contributed by atoms with Gasteiger partial charge in [0.2, 0.25) is 0 Å². The Bertz CT molecular complexity index is 470. The van der Waals surface area contributed by atoms with Crippen molar-refractivity contribution in [3.05, 3.63) is 47.6 Å². The van der Waals surface area contributed by atoms with Crippen LogP contribution in [0.15, 0.2) is 36.4 Å². The van der Waals surface area contributed by atoms with E-state index >= 15 is 0 Å². The second kappa shape index (κ2) is 5.89. The summed E-state index contributed by atoms with van der Waals surface area (Å²) in [6, 6.07) is 5.89. The molecule has 1 aromatic rings. The first kappa shape index (κ1) is 13.0. The number of ether oxygens (including phenoxy) is 1. The Hall–Kier alpha value is -2.03. The smallest absolute Gasteiger partial charge is 0.328 e. The van der Waals surface area contributed by atoms with E-state index in [0.29, 0.717) is 0 Å². The van der Waals surface area contributed by atoms with Gasteiger partial charge in [0.1, 0.15) is 5.75 Å². The highest BCUT2D eigenvalue weighted by molar-refractivity contribution is 5.81. The molecule has 0 saturated heterocycles. The van der Waals surface area contributed by atoms with Crippen molar-refractivity contribution in [3.63, 3.8) is 0 Å². The molecule has 0 saturated carbocycles. The molecule has 0 spiro atoms. The summed E-state index contributed by atoms with van der Waals surface area (Å²) in [5.74, 6) is -0.168. The van der Waals surface area contributed by atoms with Crippen LogP contribution in [0.5, 0.6) is 5.75 Å². The van der Waals surface area contributed by atoms with Gasteiger partial charge in [-0.3, -0.25) is 0 Å². The molecule has 0 fully saturated rings. The fourth-order valence-corrected chi connectivity index (χ4v) is 1.49. The molecular formula is C14H16O3. The van der Waals surface area contributed by atoms with Crippen LogP contribution in [0.1, 0.15) is 18.1 Å². The molecule has 0 aliphatic carbocycles. The Labute approximate surface area is 101 Å². The number of carboxylic acids is 1. The standard InChI is InChI=1S/C14H16O3/c1-10-7-8-13(17-3)12(9-10)11(2)5-4-6-14(15)16/h4-9H,1-3H3,(H,15,16)/b6-4+,11-5+. The summed E-state index contributed by atoms with van der Waals surface area (Å²) in [5, 5.41) is 8.50. The summed E-state index contributed by atoms with van der Waals surface area (Å²) in [5.41, 5.74) is 3.07. The van der Waals surface area contributed by atoms with Crippen molar-refractivity contribution in [2.45, 2.75) is 13.8 Å². The van der Waals surface area contributed by atoms with E-state index in [1.807, 2.05) is 32.0 Å². The van der Waals surface area contributed by atoms with Crippen LogP contribution in [0.4, 0.5) is 0 Å². The first-order chi connectivity index (χ1) is 8.04. The number of aliphatic carboxylic acids is 1. The summed E-state index contributed by atoms with van der Waals surface area (Å²) in [6.45, 7) is 3.92. The van der Waals surface area contributed by atoms with E-state index in [2.05, 4.69) is 0 Å². The van der Waals surface area contributed by atoms with Gasteiger partial charge < -0.3 is 9.84 Å². The van der Waals surface area contributed by atoms with Gasteiger partial charge in [-0.15, -0.1) is 0 Å². The van der Waals surface area contributed by atoms with Crippen LogP contribution in [-0.4, -0.2) is 18.2 Å². The quantitative estimate of drug-likeness (QED) is 0.641. The summed E-state index contributed by atoms with van der Waals surface area (Å²) < 4.78 is 5.27. The van der Waals surface area contributed by atoms with Gasteiger partial charge in [0.25, 0.3) is 0 Å². The lowest BCUT2D eigenvalue weighted by Gasteiger charge is -2.09. The maximum absolute atomic E-state index is 10.4. The normalized spacial score (nSPS) is 11.8. The molecule has 0 unspecified atom stereocenters. The predicted octanol–water partition coefficient (Wildman–Crippen LogP) is 3.05. The van der Waals surface area contributed by atoms with E-state index in [1.54, 1.807) is 13.2 Å². The summed E-state index contributed by atoms with van der Waals surface area (Å²) in [4.78, 5) is 10.4. The lowest BCUT2D eigenvalue weighted by molar-refractivity contribution is -0.131. The third kappa shape index (κ3) is 3.79. The fourth-order valence-electron chi connectivity index (χ4n) is 1.49. The molecule has 0 heterocycles. The van der Waals surface area contributed by atoms with Crippen LogP contribution in [0.25, 0.3) is 5.57 Å². The van der Waals surface area contributed by atoms with Crippen molar-refractivity contribution >= 4 is 11.5 Å². The highest BCUT2D eigenvalue weighted by Gasteiger charge is 2.04. The number of carboxylic acid groups (broad SMARTS) is 1. The number of allylic oxidation sites excluding steroid dienone is 3. The molecule has 1 aromatic carbocycles. The van der Waals surface area contributed by atoms with E-state index in [9.17, 15) is 4.79 Å². The molecular weight excluding hydrogens is 216 g/mol. The SMILES string of the molecule is COc1ccc(C)cc1/C(C)=C/C=C/C(=O)O. The van der Waals surface area contributed by atoms with Gasteiger partial charge >= 0.3 is 5.97 Å². The van der Waals surface area contributed by atoms with Crippen LogP contribution in [0.3, 0.4) is 0 Å². The van der Waals surface area contributed by atoms with Gasteiger partial charge in [-0.25, -0.2) is 4.79 Å². The summed E-state index contributed by atoms with van der Waals surface area (Å²) in [7, 11) is 1.62. The lowest BCUT2D eigenvalue weighted by atomic mass is 10.0. The molecule has 90 valence electrons. The summed E-state index contributed by atoms with van der Waals surface area (Å²) >= 11 is 0. The minimum atomic E-state index is -0.953. The zero-order valence-corrected chi connectivity index (χ0v) is 10.2. The van der Waals surface area contributed by atoms with Gasteiger partial charge in [-0.1, -0.05) is 23.8 Å². The first-order valence-corrected chi connectivity index (χ1v) is 5.27. The second-order valence-electron chi connectivity index (χ2n) is 3.75. The van der Waals surface area contributed by atoms with Crippen molar-refractivity contribution in [1.29, 1.82) is 0 Å². The van der Waals surface area contributed by atoms with Crippen molar-refractivity contribution in [3.8, 4) is 5.75 Å². The van der Waals surface area contributed by atoms with Gasteiger partial charge in [-0.2, -0.15) is 0 Å². The Balaban J connectivity index is 3.06. The molecule has 1 rings (SSSR count). The number of carbonyl (C=O) groups is 1. The third-order valence-corrected chi connectivity index (χ3v) is 2.36. The minimum Gasteiger partial charge on any atom is -0.496 e. The van der Waals surface area contributed by atoms with Crippen molar-refractivity contribution < 1.29 is 14.6 Å². The Morgan fingerprint density at radius 2 is 2.12 bits per heavy atom. The molecule has 0 aliphatic heterocycles. The number of benzene rings is 1. The van der Waals surface area contributed by atoms with E-state index < -0.39 is 5.97 Å². The Morgan fingerprint density at radius 1 is 1.41 bits per heavy atom. The molecule has 0 radical (unpaired) electrons. The average molecular weight is 232 g/mol. The molecule has 0 amide bonds. The largest absolute Gasteiger partial charge is 0.496 e. The molecule has 0 aliphatic rings. The number of hydrogen-bond acceptors (Lipinski definition) is 2. The van der Waals surface area contributed by atoms with Crippen LogP contribution in [-0.2, 0) is 4.79 Å².